The van der Waals surface area contributed by atoms with Crippen molar-refractivity contribution in [2.24, 2.45) is 5.92 Å². The van der Waals surface area contributed by atoms with Crippen molar-refractivity contribution in [1.29, 1.82) is 0 Å². The fourth-order valence-corrected chi connectivity index (χ4v) is 4.48. The molecule has 0 unspecified atom stereocenters. The molecule has 0 bridgehead atoms. The number of carbonyl (C=O) groups excluding carboxylic acids is 1. The number of hydrogen-bond acceptors (Lipinski definition) is 4. The summed E-state index contributed by atoms with van der Waals surface area (Å²) in [6, 6.07) is 4.39. The molecule has 1 aromatic heterocycles. The van der Waals surface area contributed by atoms with Gasteiger partial charge in [-0.3, -0.25) is 9.69 Å². The minimum atomic E-state index is 0.174. The van der Waals surface area contributed by atoms with E-state index in [9.17, 15) is 4.79 Å². The molecule has 2 saturated carbocycles. The van der Waals surface area contributed by atoms with Crippen molar-refractivity contribution in [2.45, 2.75) is 57.1 Å². The van der Waals surface area contributed by atoms with Gasteiger partial charge in [0.25, 0.3) is 0 Å². The first-order valence-corrected chi connectivity index (χ1v) is 10.4. The van der Waals surface area contributed by atoms with Gasteiger partial charge >= 0.3 is 0 Å². The van der Waals surface area contributed by atoms with Crippen molar-refractivity contribution in [3.05, 3.63) is 23.5 Å². The summed E-state index contributed by atoms with van der Waals surface area (Å²) in [6.45, 7) is 3.92. The second kappa shape index (κ2) is 8.13. The Morgan fingerprint density at radius 2 is 1.77 bits per heavy atom. The zero-order chi connectivity index (χ0) is 17.9. The number of nitrogens with zero attached hydrogens (tertiary/aromatic N) is 3. The largest absolute Gasteiger partial charge is 0.489 e. The number of ether oxygens (including phenoxy) is 1. The Hall–Kier alpha value is -1.33. The molecule has 142 valence electrons. The van der Waals surface area contributed by atoms with E-state index >= 15 is 0 Å². The van der Waals surface area contributed by atoms with Crippen LogP contribution in [0.4, 0.5) is 0 Å². The van der Waals surface area contributed by atoms with Crippen LogP contribution in [0.3, 0.4) is 0 Å². The van der Waals surface area contributed by atoms with Crippen LogP contribution in [-0.4, -0.2) is 59.0 Å². The minimum absolute atomic E-state index is 0.174. The molecule has 4 rings (SSSR count). The molecule has 3 fully saturated rings. The van der Waals surface area contributed by atoms with E-state index in [1.807, 2.05) is 6.07 Å². The standard InChI is InChI=1S/C20H28ClN3O2/c21-19-9-8-18(14-22-19)26-17-6-4-15(5-7-17)20(25)24-12-10-23(11-13-24)16-2-1-3-16/h8-9,14-17H,1-7,10-13H2/t15-,17-. The molecule has 3 aliphatic rings. The van der Waals surface area contributed by atoms with Crippen LogP contribution in [0.2, 0.25) is 5.15 Å². The zero-order valence-corrected chi connectivity index (χ0v) is 16.0. The molecular formula is C20H28ClN3O2. The molecule has 0 atom stereocenters. The second-order valence-electron chi connectivity index (χ2n) is 7.85. The smallest absolute Gasteiger partial charge is 0.225 e. The summed E-state index contributed by atoms with van der Waals surface area (Å²) < 4.78 is 5.99. The number of carbonyl (C=O) groups is 1. The van der Waals surface area contributed by atoms with Crippen LogP contribution in [0.15, 0.2) is 18.3 Å². The Kier molecular flexibility index (Phi) is 5.65. The topological polar surface area (TPSA) is 45.7 Å². The Bertz CT molecular complexity index is 604. The van der Waals surface area contributed by atoms with Crippen LogP contribution < -0.4 is 4.74 Å². The van der Waals surface area contributed by atoms with Crippen molar-refractivity contribution >= 4 is 17.5 Å². The molecule has 1 amide bonds. The van der Waals surface area contributed by atoms with Crippen LogP contribution in [0.1, 0.15) is 44.9 Å². The molecule has 6 heteroatoms. The lowest BCUT2D eigenvalue weighted by Crippen LogP contribution is -2.54. The highest BCUT2D eigenvalue weighted by molar-refractivity contribution is 6.29. The van der Waals surface area contributed by atoms with Crippen molar-refractivity contribution in [3.63, 3.8) is 0 Å². The molecule has 0 aromatic carbocycles. The first kappa shape index (κ1) is 18.1. The fraction of sp³-hybridized carbons (Fsp3) is 0.700. The molecule has 0 radical (unpaired) electrons. The lowest BCUT2D eigenvalue weighted by atomic mass is 9.86. The number of halogens is 1. The molecule has 0 spiro atoms. The first-order chi connectivity index (χ1) is 12.7. The average Bonchev–Trinajstić information content (AvgIpc) is 2.63. The van der Waals surface area contributed by atoms with Gasteiger partial charge in [-0.2, -0.15) is 0 Å². The summed E-state index contributed by atoms with van der Waals surface area (Å²) in [6.07, 6.45) is 9.63. The number of amides is 1. The van der Waals surface area contributed by atoms with E-state index in [-0.39, 0.29) is 12.0 Å². The number of hydrogen-bond donors (Lipinski definition) is 0. The molecule has 2 aliphatic carbocycles. The van der Waals surface area contributed by atoms with Gasteiger partial charge < -0.3 is 9.64 Å². The van der Waals surface area contributed by atoms with Crippen LogP contribution in [0.5, 0.6) is 5.75 Å². The van der Waals surface area contributed by atoms with Gasteiger partial charge in [-0.15, -0.1) is 0 Å². The van der Waals surface area contributed by atoms with Crippen molar-refractivity contribution in [3.8, 4) is 5.75 Å². The number of pyridine rings is 1. The zero-order valence-electron chi connectivity index (χ0n) is 15.3. The van der Waals surface area contributed by atoms with Gasteiger partial charge in [-0.05, 0) is 50.7 Å². The summed E-state index contributed by atoms with van der Waals surface area (Å²) in [4.78, 5) is 21.6. The predicted molar refractivity (Wildman–Crippen MR) is 101 cm³/mol. The van der Waals surface area contributed by atoms with Crippen molar-refractivity contribution in [2.75, 3.05) is 26.2 Å². The van der Waals surface area contributed by atoms with Gasteiger partial charge in [0.1, 0.15) is 10.9 Å². The molecule has 5 nitrogen and oxygen atoms in total. The highest BCUT2D eigenvalue weighted by atomic mass is 35.5. The van der Waals surface area contributed by atoms with E-state index in [1.54, 1.807) is 12.3 Å². The van der Waals surface area contributed by atoms with E-state index < -0.39 is 0 Å². The average molecular weight is 378 g/mol. The van der Waals surface area contributed by atoms with Crippen LogP contribution in [0.25, 0.3) is 0 Å². The fourth-order valence-electron chi connectivity index (χ4n) is 4.37. The molecule has 0 N–H and O–H groups in total. The van der Waals surface area contributed by atoms with Gasteiger partial charge in [0, 0.05) is 38.1 Å². The van der Waals surface area contributed by atoms with Gasteiger partial charge in [-0.25, -0.2) is 4.98 Å². The van der Waals surface area contributed by atoms with Crippen LogP contribution >= 0.6 is 11.6 Å². The lowest BCUT2D eigenvalue weighted by molar-refractivity contribution is -0.139. The summed E-state index contributed by atoms with van der Waals surface area (Å²) in [5.41, 5.74) is 0. The predicted octanol–water partition coefficient (Wildman–Crippen LogP) is 3.37. The summed E-state index contributed by atoms with van der Waals surface area (Å²) in [7, 11) is 0. The highest BCUT2D eigenvalue weighted by Gasteiger charge is 2.33. The molecular weight excluding hydrogens is 350 g/mol. The molecule has 1 saturated heterocycles. The molecule has 1 aliphatic heterocycles. The quantitative estimate of drug-likeness (QED) is 0.755. The molecule has 2 heterocycles. The minimum Gasteiger partial charge on any atom is -0.489 e. The Labute approximate surface area is 160 Å². The van der Waals surface area contributed by atoms with Gasteiger partial charge in [0.15, 0.2) is 0 Å². The maximum atomic E-state index is 12.9. The second-order valence-corrected chi connectivity index (χ2v) is 8.24. The van der Waals surface area contributed by atoms with Gasteiger partial charge in [-0.1, -0.05) is 18.0 Å². The molecule has 1 aromatic rings. The third kappa shape index (κ3) is 4.15. The normalized spacial score (nSPS) is 27.8. The summed E-state index contributed by atoms with van der Waals surface area (Å²) in [5.74, 6) is 1.30. The number of aromatic nitrogens is 1. The SMILES string of the molecule is O=C([C@H]1CC[C@H](Oc2ccc(Cl)nc2)CC1)N1CCN(C2CCC2)CC1. The third-order valence-corrected chi connectivity index (χ3v) is 6.47. The van der Waals surface area contributed by atoms with Crippen molar-refractivity contribution in [1.82, 2.24) is 14.8 Å². The summed E-state index contributed by atoms with van der Waals surface area (Å²) in [5, 5.41) is 0.476. The monoisotopic (exact) mass is 377 g/mol. The van der Waals surface area contributed by atoms with E-state index in [4.69, 9.17) is 16.3 Å². The van der Waals surface area contributed by atoms with E-state index in [0.717, 1.165) is 63.7 Å². The lowest BCUT2D eigenvalue weighted by Gasteiger charge is -2.43. The third-order valence-electron chi connectivity index (χ3n) is 6.24. The maximum Gasteiger partial charge on any atom is 0.225 e. The number of rotatable bonds is 4. The molecule has 26 heavy (non-hydrogen) atoms. The van der Waals surface area contributed by atoms with Crippen molar-refractivity contribution < 1.29 is 9.53 Å². The maximum absolute atomic E-state index is 12.9. The highest BCUT2D eigenvalue weighted by Crippen LogP contribution is 2.30. The van der Waals surface area contributed by atoms with E-state index in [2.05, 4.69) is 14.8 Å². The van der Waals surface area contributed by atoms with Gasteiger partial charge in [0.2, 0.25) is 5.91 Å². The Balaban J connectivity index is 1.21. The first-order valence-electron chi connectivity index (χ1n) is 10.00. The Morgan fingerprint density at radius 3 is 2.35 bits per heavy atom. The number of piperazine rings is 1. The van der Waals surface area contributed by atoms with E-state index in [1.165, 1.54) is 19.3 Å². The van der Waals surface area contributed by atoms with E-state index in [0.29, 0.717) is 11.1 Å². The van der Waals surface area contributed by atoms with Crippen LogP contribution in [-0.2, 0) is 4.79 Å². The van der Waals surface area contributed by atoms with Crippen LogP contribution in [0, 0.1) is 5.92 Å². The summed E-state index contributed by atoms with van der Waals surface area (Å²) >= 11 is 5.81. The Morgan fingerprint density at radius 1 is 1.04 bits per heavy atom. The van der Waals surface area contributed by atoms with Gasteiger partial charge in [0.05, 0.1) is 12.3 Å².